The van der Waals surface area contributed by atoms with Crippen LogP contribution in [0.4, 0.5) is 0 Å². The zero-order valence-electron chi connectivity index (χ0n) is 8.95. The van der Waals surface area contributed by atoms with Crippen LogP contribution in [0.15, 0.2) is 22.6 Å². The molecule has 0 bridgehead atoms. The maximum Gasteiger partial charge on any atom is 0.192 e. The van der Waals surface area contributed by atoms with Gasteiger partial charge in [0.1, 0.15) is 5.52 Å². The fourth-order valence-corrected chi connectivity index (χ4v) is 1.63. The molecular formula is C11H15N3O. The number of hydrogen-bond donors (Lipinski definition) is 2. The van der Waals surface area contributed by atoms with Crippen molar-refractivity contribution < 1.29 is 4.42 Å². The number of benzene rings is 1. The van der Waals surface area contributed by atoms with Crippen molar-refractivity contribution >= 4 is 11.1 Å². The van der Waals surface area contributed by atoms with E-state index >= 15 is 0 Å². The van der Waals surface area contributed by atoms with Gasteiger partial charge in [-0.25, -0.2) is 4.98 Å². The minimum absolute atomic E-state index is 0.00333. The molecule has 1 aromatic carbocycles. The van der Waals surface area contributed by atoms with E-state index in [1.54, 1.807) is 0 Å². The predicted molar refractivity (Wildman–Crippen MR) is 59.6 cm³/mol. The first-order chi connectivity index (χ1) is 7.20. The Hall–Kier alpha value is -1.39. The highest BCUT2D eigenvalue weighted by molar-refractivity contribution is 5.73. The monoisotopic (exact) mass is 205 g/mol. The molecule has 0 aliphatic rings. The van der Waals surface area contributed by atoms with Gasteiger partial charge in [0.05, 0.1) is 0 Å². The minimum atomic E-state index is -0.00333. The summed E-state index contributed by atoms with van der Waals surface area (Å²) in [5.41, 5.74) is 8.74. The van der Waals surface area contributed by atoms with E-state index in [9.17, 15) is 0 Å². The van der Waals surface area contributed by atoms with E-state index in [1.165, 1.54) is 0 Å². The molecule has 0 spiro atoms. The lowest BCUT2D eigenvalue weighted by Gasteiger charge is -2.10. The lowest BCUT2D eigenvalue weighted by atomic mass is 10.1. The third-order valence-corrected chi connectivity index (χ3v) is 2.37. The summed E-state index contributed by atoms with van der Waals surface area (Å²) in [6.07, 6.45) is 0. The first-order valence-electron chi connectivity index (χ1n) is 4.98. The molecule has 0 fully saturated rings. The summed E-state index contributed by atoms with van der Waals surface area (Å²) in [7, 11) is 1.89. The van der Waals surface area contributed by atoms with Gasteiger partial charge in [-0.05, 0) is 24.7 Å². The third kappa shape index (κ3) is 2.00. The van der Waals surface area contributed by atoms with Gasteiger partial charge in [0, 0.05) is 19.5 Å². The van der Waals surface area contributed by atoms with Crippen LogP contribution in [-0.2, 0) is 0 Å². The van der Waals surface area contributed by atoms with Gasteiger partial charge in [-0.1, -0.05) is 6.07 Å². The first kappa shape index (κ1) is 10.1. The summed E-state index contributed by atoms with van der Waals surface area (Å²) >= 11 is 0. The lowest BCUT2D eigenvalue weighted by molar-refractivity contribution is 0.561. The molecule has 0 saturated heterocycles. The van der Waals surface area contributed by atoms with E-state index in [2.05, 4.69) is 10.3 Å². The maximum atomic E-state index is 5.98. The largest absolute Gasteiger partial charge is 0.441 e. The van der Waals surface area contributed by atoms with Crippen LogP contribution in [0.25, 0.3) is 11.1 Å². The average Bonchev–Trinajstić information content (AvgIpc) is 2.57. The molecule has 15 heavy (non-hydrogen) atoms. The number of likely N-dealkylation sites (N-methyl/N-ethyl adjacent to an activating group) is 1. The van der Waals surface area contributed by atoms with Crippen LogP contribution >= 0.6 is 0 Å². The van der Waals surface area contributed by atoms with Crippen LogP contribution in [0, 0.1) is 6.92 Å². The second-order valence-corrected chi connectivity index (χ2v) is 3.62. The van der Waals surface area contributed by atoms with Crippen LogP contribution in [0.2, 0.25) is 0 Å². The molecule has 1 atom stereocenters. The second-order valence-electron chi connectivity index (χ2n) is 3.62. The number of aryl methyl sites for hydroxylation is 1. The van der Waals surface area contributed by atoms with Gasteiger partial charge in [0.15, 0.2) is 11.5 Å². The topological polar surface area (TPSA) is 64.1 Å². The van der Waals surface area contributed by atoms with Crippen molar-refractivity contribution in [3.63, 3.8) is 0 Å². The smallest absolute Gasteiger partial charge is 0.192 e. The fraction of sp³-hybridized carbons (Fsp3) is 0.364. The average molecular weight is 205 g/mol. The molecule has 0 radical (unpaired) electrons. The Morgan fingerprint density at radius 1 is 1.53 bits per heavy atom. The predicted octanol–water partition coefficient (Wildman–Crippen LogP) is 1.36. The molecule has 1 heterocycles. The number of fused-ring (bicyclic) bond motifs is 1. The number of hydrogen-bond acceptors (Lipinski definition) is 4. The van der Waals surface area contributed by atoms with Crippen molar-refractivity contribution in [3.05, 3.63) is 29.7 Å². The summed E-state index contributed by atoms with van der Waals surface area (Å²) in [6, 6.07) is 5.87. The SMILES string of the molecule is CNCC(N)c1ccc2oc(C)nc2c1. The van der Waals surface area contributed by atoms with Crippen LogP contribution < -0.4 is 11.1 Å². The van der Waals surface area contributed by atoms with Gasteiger partial charge in [-0.15, -0.1) is 0 Å². The Morgan fingerprint density at radius 3 is 3.07 bits per heavy atom. The van der Waals surface area contributed by atoms with E-state index in [0.717, 1.165) is 23.2 Å². The normalized spacial score (nSPS) is 13.3. The van der Waals surface area contributed by atoms with Crippen LogP contribution in [0.1, 0.15) is 17.5 Å². The molecular weight excluding hydrogens is 190 g/mol. The van der Waals surface area contributed by atoms with Crippen LogP contribution in [0.5, 0.6) is 0 Å². The first-order valence-corrected chi connectivity index (χ1v) is 4.98. The number of nitrogens with two attached hydrogens (primary N) is 1. The number of nitrogens with zero attached hydrogens (tertiary/aromatic N) is 1. The standard InChI is InChI=1S/C11H15N3O/c1-7-14-10-5-8(9(12)6-13-2)3-4-11(10)15-7/h3-5,9,13H,6,12H2,1-2H3. The summed E-state index contributed by atoms with van der Waals surface area (Å²) in [6.45, 7) is 2.59. The van der Waals surface area contributed by atoms with Gasteiger partial charge < -0.3 is 15.5 Å². The number of aromatic nitrogens is 1. The van der Waals surface area contributed by atoms with E-state index in [4.69, 9.17) is 10.2 Å². The Balaban J connectivity index is 2.37. The summed E-state index contributed by atoms with van der Waals surface area (Å²) in [5.74, 6) is 0.685. The van der Waals surface area contributed by atoms with E-state index in [-0.39, 0.29) is 6.04 Å². The molecule has 0 amide bonds. The van der Waals surface area contributed by atoms with Gasteiger partial charge in [0.2, 0.25) is 0 Å². The molecule has 2 rings (SSSR count). The van der Waals surface area contributed by atoms with Gasteiger partial charge in [-0.2, -0.15) is 0 Å². The molecule has 0 aliphatic carbocycles. The van der Waals surface area contributed by atoms with E-state index in [0.29, 0.717) is 5.89 Å². The van der Waals surface area contributed by atoms with Crippen molar-refractivity contribution in [1.29, 1.82) is 0 Å². The molecule has 2 aromatic rings. The Labute approximate surface area is 88.5 Å². The van der Waals surface area contributed by atoms with Crippen molar-refractivity contribution in [2.45, 2.75) is 13.0 Å². The van der Waals surface area contributed by atoms with Crippen molar-refractivity contribution in [2.75, 3.05) is 13.6 Å². The molecule has 0 aliphatic heterocycles. The quantitative estimate of drug-likeness (QED) is 0.794. The molecule has 4 nitrogen and oxygen atoms in total. The van der Waals surface area contributed by atoms with Crippen LogP contribution in [0.3, 0.4) is 0 Å². The van der Waals surface area contributed by atoms with Crippen molar-refractivity contribution in [1.82, 2.24) is 10.3 Å². The highest BCUT2D eigenvalue weighted by Crippen LogP contribution is 2.19. The minimum Gasteiger partial charge on any atom is -0.441 e. The molecule has 3 N–H and O–H groups in total. The van der Waals surface area contributed by atoms with E-state index in [1.807, 2.05) is 32.2 Å². The van der Waals surface area contributed by atoms with Gasteiger partial charge >= 0.3 is 0 Å². The zero-order chi connectivity index (χ0) is 10.8. The number of nitrogens with one attached hydrogen (secondary N) is 1. The van der Waals surface area contributed by atoms with Crippen molar-refractivity contribution in [2.24, 2.45) is 5.73 Å². The Bertz CT molecular complexity index is 464. The fourth-order valence-electron chi connectivity index (χ4n) is 1.63. The van der Waals surface area contributed by atoms with Crippen LogP contribution in [-0.4, -0.2) is 18.6 Å². The molecule has 4 heteroatoms. The second kappa shape index (κ2) is 4.00. The van der Waals surface area contributed by atoms with Gasteiger partial charge in [0.25, 0.3) is 0 Å². The molecule has 1 unspecified atom stereocenters. The highest BCUT2D eigenvalue weighted by atomic mass is 16.3. The van der Waals surface area contributed by atoms with Gasteiger partial charge in [-0.3, -0.25) is 0 Å². The molecule has 1 aromatic heterocycles. The summed E-state index contributed by atoms with van der Waals surface area (Å²) in [4.78, 5) is 4.27. The lowest BCUT2D eigenvalue weighted by Crippen LogP contribution is -2.23. The Kier molecular flexibility index (Phi) is 2.70. The maximum absolute atomic E-state index is 5.98. The third-order valence-electron chi connectivity index (χ3n) is 2.37. The summed E-state index contributed by atoms with van der Waals surface area (Å²) in [5, 5.41) is 3.05. The van der Waals surface area contributed by atoms with E-state index < -0.39 is 0 Å². The summed E-state index contributed by atoms with van der Waals surface area (Å²) < 4.78 is 5.40. The zero-order valence-corrected chi connectivity index (χ0v) is 8.95. The molecule has 0 saturated carbocycles. The highest BCUT2D eigenvalue weighted by Gasteiger charge is 2.08. The number of rotatable bonds is 3. The number of oxazole rings is 1. The van der Waals surface area contributed by atoms with Crippen molar-refractivity contribution in [3.8, 4) is 0 Å². The Morgan fingerprint density at radius 2 is 2.33 bits per heavy atom. The molecule has 80 valence electrons.